The van der Waals surface area contributed by atoms with Crippen molar-refractivity contribution >= 4 is 11.9 Å². The summed E-state index contributed by atoms with van der Waals surface area (Å²) in [5.74, 6) is 0.534. The fourth-order valence-electron chi connectivity index (χ4n) is 2.25. The van der Waals surface area contributed by atoms with Crippen molar-refractivity contribution in [3.05, 3.63) is 35.6 Å². The van der Waals surface area contributed by atoms with Crippen molar-refractivity contribution in [2.24, 2.45) is 4.99 Å². The standard InChI is InChI=1S/C17H24FN3O2/c1-17(2,3)23-16(22)21-10-9-20-15(12-21)19-8-7-13-5-4-6-14(18)11-13/h4-6,11H,7-10,12H2,1-3H3,(H,19,20). The highest BCUT2D eigenvalue weighted by molar-refractivity contribution is 5.87. The van der Waals surface area contributed by atoms with Crippen molar-refractivity contribution in [1.82, 2.24) is 10.2 Å². The number of rotatable bonds is 3. The molecule has 0 fully saturated rings. The van der Waals surface area contributed by atoms with Gasteiger partial charge in [0.25, 0.3) is 0 Å². The van der Waals surface area contributed by atoms with E-state index in [1.54, 1.807) is 11.0 Å². The number of benzene rings is 1. The molecule has 1 aromatic rings. The smallest absolute Gasteiger partial charge is 0.410 e. The Kier molecular flexibility index (Phi) is 5.58. The first kappa shape index (κ1) is 17.2. The summed E-state index contributed by atoms with van der Waals surface area (Å²) < 4.78 is 18.5. The van der Waals surface area contributed by atoms with E-state index in [-0.39, 0.29) is 11.9 Å². The summed E-state index contributed by atoms with van der Waals surface area (Å²) in [4.78, 5) is 18.1. The second-order valence-electron chi connectivity index (χ2n) is 6.54. The highest BCUT2D eigenvalue weighted by Crippen LogP contribution is 2.11. The minimum absolute atomic E-state index is 0.228. The lowest BCUT2D eigenvalue weighted by molar-refractivity contribution is 0.0276. The molecule has 23 heavy (non-hydrogen) atoms. The van der Waals surface area contributed by atoms with Gasteiger partial charge in [-0.2, -0.15) is 0 Å². The zero-order valence-electron chi connectivity index (χ0n) is 13.9. The van der Waals surface area contributed by atoms with E-state index >= 15 is 0 Å². The summed E-state index contributed by atoms with van der Waals surface area (Å²) in [6, 6.07) is 6.55. The second kappa shape index (κ2) is 7.44. The Labute approximate surface area is 136 Å². The minimum atomic E-state index is -0.503. The molecule has 0 saturated carbocycles. The van der Waals surface area contributed by atoms with E-state index in [9.17, 15) is 9.18 Å². The lowest BCUT2D eigenvalue weighted by Gasteiger charge is -2.29. The topological polar surface area (TPSA) is 53.9 Å². The summed E-state index contributed by atoms with van der Waals surface area (Å²) >= 11 is 0. The van der Waals surface area contributed by atoms with Crippen LogP contribution < -0.4 is 5.32 Å². The number of carbonyl (C=O) groups is 1. The van der Waals surface area contributed by atoms with E-state index in [2.05, 4.69) is 10.3 Å². The van der Waals surface area contributed by atoms with Crippen LogP contribution in [-0.4, -0.2) is 48.6 Å². The molecular formula is C17H24FN3O2. The SMILES string of the molecule is CC(C)(C)OC(=O)N1CCN=C(NCCc2cccc(F)c2)C1. The summed E-state index contributed by atoms with van der Waals surface area (Å²) in [5.41, 5.74) is 0.425. The monoisotopic (exact) mass is 321 g/mol. The molecule has 5 nitrogen and oxygen atoms in total. The van der Waals surface area contributed by atoms with Crippen LogP contribution in [0.1, 0.15) is 26.3 Å². The Balaban J connectivity index is 1.80. The Hall–Kier alpha value is -2.11. The summed E-state index contributed by atoms with van der Waals surface area (Å²) in [5, 5.41) is 3.22. The molecule has 2 rings (SSSR count). The number of nitrogens with zero attached hydrogens (tertiary/aromatic N) is 2. The van der Waals surface area contributed by atoms with Crippen molar-refractivity contribution in [1.29, 1.82) is 0 Å². The molecule has 1 N–H and O–H groups in total. The largest absolute Gasteiger partial charge is 0.444 e. The Morgan fingerprint density at radius 3 is 2.91 bits per heavy atom. The predicted octanol–water partition coefficient (Wildman–Crippen LogP) is 2.61. The minimum Gasteiger partial charge on any atom is -0.444 e. The van der Waals surface area contributed by atoms with Crippen LogP contribution in [0.15, 0.2) is 29.3 Å². The van der Waals surface area contributed by atoms with Crippen LogP contribution in [0, 0.1) is 5.82 Å². The van der Waals surface area contributed by atoms with Gasteiger partial charge in [-0.25, -0.2) is 9.18 Å². The van der Waals surface area contributed by atoms with Crippen LogP contribution >= 0.6 is 0 Å². The lowest BCUT2D eigenvalue weighted by atomic mass is 10.1. The van der Waals surface area contributed by atoms with Crippen LogP contribution in [0.25, 0.3) is 0 Å². The molecule has 1 aliphatic heterocycles. The molecular weight excluding hydrogens is 297 g/mol. The highest BCUT2D eigenvalue weighted by atomic mass is 19.1. The van der Waals surface area contributed by atoms with E-state index in [1.165, 1.54) is 12.1 Å². The van der Waals surface area contributed by atoms with E-state index in [0.717, 1.165) is 11.4 Å². The molecule has 0 atom stereocenters. The molecule has 0 saturated heterocycles. The van der Waals surface area contributed by atoms with Gasteiger partial charge in [0.1, 0.15) is 17.3 Å². The molecule has 126 valence electrons. The Morgan fingerprint density at radius 2 is 2.22 bits per heavy atom. The molecule has 1 heterocycles. The van der Waals surface area contributed by atoms with Gasteiger partial charge >= 0.3 is 6.09 Å². The molecule has 0 aliphatic carbocycles. The third kappa shape index (κ3) is 5.88. The Morgan fingerprint density at radius 1 is 1.43 bits per heavy atom. The summed E-state index contributed by atoms with van der Waals surface area (Å²) in [6.07, 6.45) is 0.375. The van der Waals surface area contributed by atoms with Gasteiger partial charge in [0, 0.05) is 13.1 Å². The maximum absolute atomic E-state index is 13.1. The van der Waals surface area contributed by atoms with Gasteiger partial charge in [-0.1, -0.05) is 12.1 Å². The van der Waals surface area contributed by atoms with Crippen molar-refractivity contribution in [3.8, 4) is 0 Å². The van der Waals surface area contributed by atoms with Crippen molar-refractivity contribution < 1.29 is 13.9 Å². The van der Waals surface area contributed by atoms with Gasteiger partial charge in [-0.3, -0.25) is 9.89 Å². The lowest BCUT2D eigenvalue weighted by Crippen LogP contribution is -2.47. The third-order valence-electron chi connectivity index (χ3n) is 3.30. The first-order valence-electron chi connectivity index (χ1n) is 7.83. The normalized spacial score (nSPS) is 15.1. The second-order valence-corrected chi connectivity index (χ2v) is 6.54. The predicted molar refractivity (Wildman–Crippen MR) is 88.2 cm³/mol. The number of hydrogen-bond donors (Lipinski definition) is 1. The number of amidine groups is 1. The van der Waals surface area contributed by atoms with Gasteiger partial charge in [0.2, 0.25) is 0 Å². The van der Waals surface area contributed by atoms with Crippen molar-refractivity contribution in [2.75, 3.05) is 26.2 Å². The molecule has 0 aromatic heterocycles. The van der Waals surface area contributed by atoms with Crippen LogP contribution in [0.5, 0.6) is 0 Å². The molecule has 0 radical (unpaired) electrons. The average molecular weight is 321 g/mol. The number of halogens is 1. The number of aliphatic imine (C=N–C) groups is 1. The van der Waals surface area contributed by atoms with E-state index in [0.29, 0.717) is 32.6 Å². The van der Waals surface area contributed by atoms with Gasteiger partial charge in [0.15, 0.2) is 0 Å². The first-order valence-corrected chi connectivity index (χ1v) is 7.83. The van der Waals surface area contributed by atoms with Crippen LogP contribution in [0.3, 0.4) is 0 Å². The molecule has 0 spiro atoms. The van der Waals surface area contributed by atoms with Crippen LogP contribution in [-0.2, 0) is 11.2 Å². The van der Waals surface area contributed by atoms with E-state index in [4.69, 9.17) is 4.74 Å². The first-order chi connectivity index (χ1) is 10.8. The number of amides is 1. The molecule has 6 heteroatoms. The molecule has 0 bridgehead atoms. The fourth-order valence-corrected chi connectivity index (χ4v) is 2.25. The van der Waals surface area contributed by atoms with Crippen LogP contribution in [0.4, 0.5) is 9.18 Å². The number of carbonyl (C=O) groups excluding carboxylic acids is 1. The maximum Gasteiger partial charge on any atom is 0.410 e. The number of hydrogen-bond acceptors (Lipinski definition) is 4. The summed E-state index contributed by atoms with van der Waals surface area (Å²) in [7, 11) is 0. The molecule has 0 unspecified atom stereocenters. The molecule has 1 aromatic carbocycles. The summed E-state index contributed by atoms with van der Waals surface area (Å²) in [6.45, 7) is 7.72. The number of nitrogens with one attached hydrogen (secondary N) is 1. The highest BCUT2D eigenvalue weighted by Gasteiger charge is 2.24. The van der Waals surface area contributed by atoms with Gasteiger partial charge in [-0.15, -0.1) is 0 Å². The molecule has 1 amide bonds. The molecule has 1 aliphatic rings. The van der Waals surface area contributed by atoms with Gasteiger partial charge in [0.05, 0.1) is 13.1 Å². The average Bonchev–Trinajstić information content (AvgIpc) is 2.46. The van der Waals surface area contributed by atoms with Gasteiger partial charge in [-0.05, 0) is 44.9 Å². The Bertz CT molecular complexity index is 581. The zero-order valence-corrected chi connectivity index (χ0v) is 13.9. The van der Waals surface area contributed by atoms with Crippen molar-refractivity contribution in [3.63, 3.8) is 0 Å². The maximum atomic E-state index is 13.1. The van der Waals surface area contributed by atoms with Crippen LogP contribution in [0.2, 0.25) is 0 Å². The fraction of sp³-hybridized carbons (Fsp3) is 0.529. The zero-order chi connectivity index (χ0) is 16.9. The quantitative estimate of drug-likeness (QED) is 0.931. The van der Waals surface area contributed by atoms with E-state index < -0.39 is 5.60 Å². The van der Waals surface area contributed by atoms with Gasteiger partial charge < -0.3 is 10.1 Å². The van der Waals surface area contributed by atoms with Crippen molar-refractivity contribution in [2.45, 2.75) is 32.8 Å². The number of ether oxygens (including phenoxy) is 1. The van der Waals surface area contributed by atoms with E-state index in [1.807, 2.05) is 26.8 Å². The third-order valence-corrected chi connectivity index (χ3v) is 3.30.